The highest BCUT2D eigenvalue weighted by Gasteiger charge is 2.21. The zero-order valence-corrected chi connectivity index (χ0v) is 30.4. The largest absolute Gasteiger partial charge is 0.456 e. The summed E-state index contributed by atoms with van der Waals surface area (Å²) in [6, 6.07) is 62.6. The molecule has 0 aliphatic rings. The number of rotatable bonds is 5. The van der Waals surface area contributed by atoms with E-state index in [0.29, 0.717) is 17.5 Å². The molecule has 0 atom stereocenters. The summed E-state index contributed by atoms with van der Waals surface area (Å²) in [5.41, 5.74) is 11.5. The zero-order valence-electron chi connectivity index (χ0n) is 30.4. The van der Waals surface area contributed by atoms with Crippen molar-refractivity contribution in [3.8, 4) is 51.0 Å². The van der Waals surface area contributed by atoms with Crippen molar-refractivity contribution in [2.24, 2.45) is 0 Å². The van der Waals surface area contributed by atoms with Crippen LogP contribution in [0.4, 0.5) is 0 Å². The molecule has 0 N–H and O–H groups in total. The van der Waals surface area contributed by atoms with Gasteiger partial charge in [-0.15, -0.1) is 0 Å². The standard InChI is InChI=1S/C51H30N4O2/c1-3-13-31(14-4-1)33-25-28-38-46(30-33)57-45-24-12-21-41(48(38)45)55-40-20-9-7-17-35(40)36-27-26-34(29-42(36)55)50-52-49(32-15-5-2-6-16-32)53-51(54-50)39-19-11-23-44-47(39)37-18-8-10-22-43(37)56-44/h1-30H. The van der Waals surface area contributed by atoms with Crippen LogP contribution in [0.25, 0.3) is 117 Å². The van der Waals surface area contributed by atoms with Crippen LogP contribution in [0.5, 0.6) is 0 Å². The van der Waals surface area contributed by atoms with Crippen molar-refractivity contribution in [2.75, 3.05) is 0 Å². The second-order valence-corrected chi connectivity index (χ2v) is 14.4. The van der Waals surface area contributed by atoms with E-state index >= 15 is 0 Å². The summed E-state index contributed by atoms with van der Waals surface area (Å²) in [5, 5.41) is 6.44. The van der Waals surface area contributed by atoms with E-state index in [1.165, 1.54) is 0 Å². The Morgan fingerprint density at radius 3 is 1.75 bits per heavy atom. The Kier molecular flexibility index (Phi) is 6.83. The first-order valence-electron chi connectivity index (χ1n) is 19.0. The lowest BCUT2D eigenvalue weighted by Crippen LogP contribution is -2.01. The molecule has 12 aromatic rings. The van der Waals surface area contributed by atoms with Gasteiger partial charge in [-0.05, 0) is 59.7 Å². The fourth-order valence-electron chi connectivity index (χ4n) is 8.48. The minimum atomic E-state index is 0.584. The van der Waals surface area contributed by atoms with Crippen molar-refractivity contribution in [1.82, 2.24) is 19.5 Å². The Balaban J connectivity index is 1.09. The maximum Gasteiger partial charge on any atom is 0.164 e. The van der Waals surface area contributed by atoms with Gasteiger partial charge < -0.3 is 13.4 Å². The first-order chi connectivity index (χ1) is 28.2. The highest BCUT2D eigenvalue weighted by atomic mass is 16.3. The van der Waals surface area contributed by atoms with E-state index in [4.69, 9.17) is 23.8 Å². The molecule has 12 rings (SSSR count). The molecule has 266 valence electrons. The monoisotopic (exact) mass is 730 g/mol. The second-order valence-electron chi connectivity index (χ2n) is 14.4. The third kappa shape index (κ3) is 4.94. The molecule has 0 amide bonds. The maximum absolute atomic E-state index is 6.59. The fraction of sp³-hybridized carbons (Fsp3) is 0. The highest BCUT2D eigenvalue weighted by Crippen LogP contribution is 2.41. The van der Waals surface area contributed by atoms with Crippen molar-refractivity contribution in [2.45, 2.75) is 0 Å². The number of furan rings is 2. The molecule has 0 aliphatic carbocycles. The molecule has 4 aromatic heterocycles. The Bertz CT molecular complexity index is 3530. The van der Waals surface area contributed by atoms with Crippen LogP contribution in [0.1, 0.15) is 0 Å². The smallest absolute Gasteiger partial charge is 0.164 e. The van der Waals surface area contributed by atoms with Gasteiger partial charge in [-0.3, -0.25) is 0 Å². The molecule has 0 saturated carbocycles. The molecule has 0 saturated heterocycles. The van der Waals surface area contributed by atoms with Crippen molar-refractivity contribution in [3.63, 3.8) is 0 Å². The highest BCUT2D eigenvalue weighted by molar-refractivity contribution is 6.15. The first-order valence-corrected chi connectivity index (χ1v) is 19.0. The lowest BCUT2D eigenvalue weighted by molar-refractivity contribution is 0.668. The van der Waals surface area contributed by atoms with E-state index in [9.17, 15) is 0 Å². The molecule has 0 aliphatic heterocycles. The van der Waals surface area contributed by atoms with Crippen molar-refractivity contribution < 1.29 is 8.83 Å². The van der Waals surface area contributed by atoms with Gasteiger partial charge >= 0.3 is 0 Å². The van der Waals surface area contributed by atoms with E-state index in [2.05, 4.69) is 120 Å². The minimum absolute atomic E-state index is 0.584. The molecular weight excluding hydrogens is 701 g/mol. The number of nitrogens with zero attached hydrogens (tertiary/aromatic N) is 4. The van der Waals surface area contributed by atoms with Crippen molar-refractivity contribution >= 4 is 65.7 Å². The van der Waals surface area contributed by atoms with Gasteiger partial charge in [-0.25, -0.2) is 15.0 Å². The zero-order chi connectivity index (χ0) is 37.5. The molecule has 4 heterocycles. The van der Waals surface area contributed by atoms with E-state index < -0.39 is 0 Å². The van der Waals surface area contributed by atoms with Crippen LogP contribution in [0.3, 0.4) is 0 Å². The molecular formula is C51H30N4O2. The van der Waals surface area contributed by atoms with Crippen LogP contribution in [-0.4, -0.2) is 19.5 Å². The summed E-state index contributed by atoms with van der Waals surface area (Å²) in [5.74, 6) is 1.77. The SMILES string of the molecule is c1ccc(-c2ccc3c(c2)oc2cccc(-n4c5ccccc5c5ccc(-c6nc(-c7ccccc7)nc(-c7cccc8oc9ccccc9c78)n6)cc54)c23)cc1. The molecule has 0 spiro atoms. The summed E-state index contributed by atoms with van der Waals surface area (Å²) < 4.78 is 15.2. The number of hydrogen-bond donors (Lipinski definition) is 0. The van der Waals surface area contributed by atoms with Crippen LogP contribution < -0.4 is 0 Å². The van der Waals surface area contributed by atoms with Crippen LogP contribution in [0, 0.1) is 0 Å². The molecule has 6 nitrogen and oxygen atoms in total. The van der Waals surface area contributed by atoms with Gasteiger partial charge in [-0.2, -0.15) is 0 Å². The predicted molar refractivity (Wildman–Crippen MR) is 230 cm³/mol. The van der Waals surface area contributed by atoms with Gasteiger partial charge in [0.25, 0.3) is 0 Å². The van der Waals surface area contributed by atoms with Crippen LogP contribution in [-0.2, 0) is 0 Å². The van der Waals surface area contributed by atoms with Crippen LogP contribution in [0.15, 0.2) is 191 Å². The number of hydrogen-bond acceptors (Lipinski definition) is 5. The Morgan fingerprint density at radius 2 is 0.912 bits per heavy atom. The van der Waals surface area contributed by atoms with Gasteiger partial charge in [0.1, 0.15) is 22.3 Å². The topological polar surface area (TPSA) is 69.9 Å². The van der Waals surface area contributed by atoms with Crippen molar-refractivity contribution in [1.29, 1.82) is 0 Å². The van der Waals surface area contributed by atoms with E-state index in [1.807, 2.05) is 66.7 Å². The molecule has 0 fully saturated rings. The van der Waals surface area contributed by atoms with E-state index in [1.54, 1.807) is 0 Å². The van der Waals surface area contributed by atoms with Gasteiger partial charge in [0, 0.05) is 43.6 Å². The van der Waals surface area contributed by atoms with Gasteiger partial charge in [-0.1, -0.05) is 133 Å². The molecule has 8 aromatic carbocycles. The normalized spacial score (nSPS) is 11.9. The molecule has 0 unspecified atom stereocenters. The lowest BCUT2D eigenvalue weighted by atomic mass is 10.0. The van der Waals surface area contributed by atoms with Crippen molar-refractivity contribution in [3.05, 3.63) is 182 Å². The Labute approximate surface area is 325 Å². The summed E-state index contributed by atoms with van der Waals surface area (Å²) in [6.07, 6.45) is 0. The third-order valence-electron chi connectivity index (χ3n) is 11.1. The van der Waals surface area contributed by atoms with Gasteiger partial charge in [0.15, 0.2) is 17.5 Å². The third-order valence-corrected chi connectivity index (χ3v) is 11.1. The van der Waals surface area contributed by atoms with Crippen LogP contribution >= 0.6 is 0 Å². The average molecular weight is 731 g/mol. The summed E-state index contributed by atoms with van der Waals surface area (Å²) >= 11 is 0. The van der Waals surface area contributed by atoms with E-state index in [0.717, 1.165) is 99.2 Å². The lowest BCUT2D eigenvalue weighted by Gasteiger charge is -2.11. The van der Waals surface area contributed by atoms with E-state index in [-0.39, 0.29) is 0 Å². The minimum Gasteiger partial charge on any atom is -0.456 e. The number of aromatic nitrogens is 4. The average Bonchev–Trinajstić information content (AvgIpc) is 3.96. The predicted octanol–water partition coefficient (Wildman–Crippen LogP) is 13.4. The first kappa shape index (κ1) is 31.5. The molecule has 0 radical (unpaired) electrons. The summed E-state index contributed by atoms with van der Waals surface area (Å²) in [6.45, 7) is 0. The second kappa shape index (κ2) is 12.3. The Morgan fingerprint density at radius 1 is 0.333 bits per heavy atom. The quantitative estimate of drug-likeness (QED) is 0.176. The molecule has 0 bridgehead atoms. The fourth-order valence-corrected chi connectivity index (χ4v) is 8.48. The van der Waals surface area contributed by atoms with Crippen LogP contribution in [0.2, 0.25) is 0 Å². The number of fused-ring (bicyclic) bond motifs is 9. The Hall–Kier alpha value is -7.83. The maximum atomic E-state index is 6.59. The van der Waals surface area contributed by atoms with Gasteiger partial charge in [0.05, 0.1) is 22.1 Å². The number of para-hydroxylation sites is 2. The number of benzene rings is 8. The summed E-state index contributed by atoms with van der Waals surface area (Å²) in [4.78, 5) is 15.5. The van der Waals surface area contributed by atoms with Gasteiger partial charge in [0.2, 0.25) is 0 Å². The summed E-state index contributed by atoms with van der Waals surface area (Å²) in [7, 11) is 0. The molecule has 57 heavy (non-hydrogen) atoms. The molecule has 6 heteroatoms.